The number of aliphatic carboxylic acids is 3. The molecule has 0 saturated heterocycles. The lowest BCUT2D eigenvalue weighted by atomic mass is 9.63. The quantitative estimate of drug-likeness (QED) is 0.136. The Morgan fingerprint density at radius 1 is 0.581 bits per heavy atom. The monoisotopic (exact) mass is 450 g/mol. The largest absolute Gasteiger partial charge is 0.478 e. The highest BCUT2D eigenvalue weighted by Gasteiger charge is 2.46. The average Bonchev–Trinajstić information content (AvgIpc) is 2.75. The van der Waals surface area contributed by atoms with Crippen molar-refractivity contribution in [1.29, 1.82) is 0 Å². The SMILES string of the molecule is CC(CO)(CO)CO.O=C(O)C=CC(C=CC(=O)O)(C=CC(=O)O)C(CO)(CO)CO. The van der Waals surface area contributed by atoms with E-state index in [2.05, 4.69) is 0 Å². The summed E-state index contributed by atoms with van der Waals surface area (Å²) in [7, 11) is 0. The summed E-state index contributed by atoms with van der Waals surface area (Å²) in [5.41, 5.74) is -4.42. The Morgan fingerprint density at radius 2 is 0.839 bits per heavy atom. The smallest absolute Gasteiger partial charge is 0.328 e. The Labute approximate surface area is 178 Å². The lowest BCUT2D eigenvalue weighted by Crippen LogP contribution is -2.47. The van der Waals surface area contributed by atoms with E-state index < -0.39 is 54.0 Å². The molecule has 12 nitrogen and oxygen atoms in total. The number of rotatable bonds is 13. The highest BCUT2D eigenvalue weighted by Crippen LogP contribution is 2.43. The number of carboxylic acids is 3. The lowest BCUT2D eigenvalue weighted by Gasteiger charge is -2.42. The minimum absolute atomic E-state index is 0.181. The van der Waals surface area contributed by atoms with Crippen LogP contribution in [0.5, 0.6) is 0 Å². The van der Waals surface area contributed by atoms with Crippen LogP contribution < -0.4 is 0 Å². The summed E-state index contributed by atoms with van der Waals surface area (Å²) >= 11 is 0. The maximum Gasteiger partial charge on any atom is 0.328 e. The van der Waals surface area contributed by atoms with Crippen molar-refractivity contribution in [3.8, 4) is 0 Å². The summed E-state index contributed by atoms with van der Waals surface area (Å²) < 4.78 is 0. The summed E-state index contributed by atoms with van der Waals surface area (Å²) in [6.45, 7) is -1.57. The van der Waals surface area contributed by atoms with E-state index in [9.17, 15) is 29.7 Å². The van der Waals surface area contributed by atoms with Crippen molar-refractivity contribution >= 4 is 17.9 Å². The van der Waals surface area contributed by atoms with Crippen molar-refractivity contribution in [3.63, 3.8) is 0 Å². The Morgan fingerprint density at radius 3 is 0.968 bits per heavy atom. The topological polar surface area (TPSA) is 233 Å². The fourth-order valence-electron chi connectivity index (χ4n) is 2.04. The molecule has 0 aliphatic rings. The van der Waals surface area contributed by atoms with Crippen molar-refractivity contribution in [2.45, 2.75) is 6.92 Å². The van der Waals surface area contributed by atoms with Crippen LogP contribution in [0.3, 0.4) is 0 Å². The van der Waals surface area contributed by atoms with E-state index in [1.807, 2.05) is 0 Å². The molecule has 0 aromatic rings. The van der Waals surface area contributed by atoms with Gasteiger partial charge in [0.25, 0.3) is 0 Å². The predicted molar refractivity (Wildman–Crippen MR) is 106 cm³/mol. The fourth-order valence-corrected chi connectivity index (χ4v) is 2.04. The number of carbonyl (C=O) groups is 3. The first kappa shape index (κ1) is 30.6. The third-order valence-corrected chi connectivity index (χ3v) is 4.48. The first-order chi connectivity index (χ1) is 14.4. The molecule has 0 fully saturated rings. The Bertz CT molecular complexity index is 580. The van der Waals surface area contributed by atoms with Gasteiger partial charge >= 0.3 is 17.9 Å². The molecule has 0 aromatic heterocycles. The van der Waals surface area contributed by atoms with E-state index in [0.717, 1.165) is 18.2 Å². The molecular weight excluding hydrogens is 420 g/mol. The summed E-state index contributed by atoms with van der Waals surface area (Å²) in [6, 6.07) is 0. The van der Waals surface area contributed by atoms with Crippen LogP contribution in [0.4, 0.5) is 0 Å². The van der Waals surface area contributed by atoms with E-state index in [-0.39, 0.29) is 19.8 Å². The molecule has 12 heteroatoms. The van der Waals surface area contributed by atoms with E-state index >= 15 is 0 Å². The number of carboxylic acid groups (broad SMARTS) is 3. The minimum atomic E-state index is -1.87. The summed E-state index contributed by atoms with van der Waals surface area (Å²) in [4.78, 5) is 32.3. The molecular formula is C19H30O12. The van der Waals surface area contributed by atoms with Gasteiger partial charge in [0.2, 0.25) is 0 Å². The average molecular weight is 450 g/mol. The third-order valence-electron chi connectivity index (χ3n) is 4.48. The zero-order valence-electron chi connectivity index (χ0n) is 17.0. The highest BCUT2D eigenvalue weighted by atomic mass is 16.4. The molecule has 0 aromatic carbocycles. The molecule has 178 valence electrons. The molecule has 0 atom stereocenters. The molecule has 0 amide bonds. The van der Waals surface area contributed by atoms with Crippen molar-refractivity contribution in [1.82, 2.24) is 0 Å². The molecule has 0 aliphatic carbocycles. The number of allylic oxidation sites excluding steroid dienone is 3. The van der Waals surface area contributed by atoms with Gasteiger partial charge in [-0.15, -0.1) is 0 Å². The lowest BCUT2D eigenvalue weighted by molar-refractivity contribution is -0.132. The first-order valence-corrected chi connectivity index (χ1v) is 8.78. The minimum Gasteiger partial charge on any atom is -0.478 e. The predicted octanol–water partition coefficient (Wildman–Crippen LogP) is -2.17. The molecule has 0 rings (SSSR count). The zero-order chi connectivity index (χ0) is 24.7. The first-order valence-electron chi connectivity index (χ1n) is 8.78. The standard InChI is InChI=1S/C14H18O9.C5H12O3/c15-7-14(8-16,9-17)13(4-1-10(18)19,5-2-11(20)21)6-3-12(22)23;1-5(2-6,3-7)4-8/h1-6,15-17H,7-9H2,(H,18,19)(H,20,21)(H,22,23);6-8H,2-4H2,1H3. The molecule has 0 spiro atoms. The zero-order valence-corrected chi connectivity index (χ0v) is 17.0. The Kier molecular flexibility index (Phi) is 14.2. The number of hydrogen-bond donors (Lipinski definition) is 9. The Hall–Kier alpha value is -2.61. The van der Waals surface area contributed by atoms with Crippen LogP contribution in [-0.2, 0) is 14.4 Å². The summed E-state index contributed by atoms with van der Waals surface area (Å²) in [5, 5.41) is 80.3. The van der Waals surface area contributed by atoms with E-state index in [1.165, 1.54) is 0 Å². The summed E-state index contributed by atoms with van der Waals surface area (Å²) in [5.74, 6) is -4.28. The van der Waals surface area contributed by atoms with Crippen LogP contribution in [0.2, 0.25) is 0 Å². The van der Waals surface area contributed by atoms with Gasteiger partial charge in [0, 0.05) is 29.1 Å². The molecule has 9 N–H and O–H groups in total. The van der Waals surface area contributed by atoms with Crippen LogP contribution in [0.25, 0.3) is 0 Å². The molecule has 0 aliphatic heterocycles. The third kappa shape index (κ3) is 9.83. The number of hydrogen-bond acceptors (Lipinski definition) is 9. The second-order valence-electron chi connectivity index (χ2n) is 6.99. The van der Waals surface area contributed by atoms with Crippen molar-refractivity contribution < 1.29 is 60.3 Å². The summed E-state index contributed by atoms with van der Waals surface area (Å²) in [6.07, 6.45) is 4.43. The van der Waals surface area contributed by atoms with Gasteiger partial charge < -0.3 is 46.0 Å². The van der Waals surface area contributed by atoms with Gasteiger partial charge in [-0.05, 0) is 0 Å². The van der Waals surface area contributed by atoms with Crippen LogP contribution in [0, 0.1) is 16.2 Å². The molecule has 0 unspecified atom stereocenters. The van der Waals surface area contributed by atoms with Gasteiger partial charge in [0.1, 0.15) is 0 Å². The van der Waals surface area contributed by atoms with E-state index in [4.69, 9.17) is 30.6 Å². The molecule has 0 saturated carbocycles. The second kappa shape index (κ2) is 14.4. The number of aliphatic hydroxyl groups excluding tert-OH is 6. The van der Waals surface area contributed by atoms with Crippen LogP contribution in [-0.4, -0.2) is 104 Å². The van der Waals surface area contributed by atoms with Crippen molar-refractivity contribution in [3.05, 3.63) is 36.5 Å². The van der Waals surface area contributed by atoms with Crippen molar-refractivity contribution in [2.75, 3.05) is 39.6 Å². The van der Waals surface area contributed by atoms with Crippen LogP contribution in [0.15, 0.2) is 36.5 Å². The van der Waals surface area contributed by atoms with Crippen molar-refractivity contribution in [2.24, 2.45) is 16.2 Å². The molecule has 0 bridgehead atoms. The Balaban J connectivity index is 0. The van der Waals surface area contributed by atoms with E-state index in [1.54, 1.807) is 6.92 Å². The van der Waals surface area contributed by atoms with E-state index in [0.29, 0.717) is 18.2 Å². The van der Waals surface area contributed by atoms with Gasteiger partial charge in [0.15, 0.2) is 0 Å². The van der Waals surface area contributed by atoms with Crippen LogP contribution >= 0.6 is 0 Å². The molecule has 0 radical (unpaired) electrons. The van der Waals surface area contributed by atoms with Gasteiger partial charge in [0.05, 0.1) is 45.1 Å². The molecule has 0 heterocycles. The van der Waals surface area contributed by atoms with Gasteiger partial charge in [-0.25, -0.2) is 14.4 Å². The van der Waals surface area contributed by atoms with Gasteiger partial charge in [-0.2, -0.15) is 0 Å². The fraction of sp³-hybridized carbons (Fsp3) is 0.526. The maximum atomic E-state index is 10.8. The maximum absolute atomic E-state index is 10.8. The van der Waals surface area contributed by atoms with Gasteiger partial charge in [-0.3, -0.25) is 0 Å². The second-order valence-corrected chi connectivity index (χ2v) is 6.99. The van der Waals surface area contributed by atoms with Crippen LogP contribution in [0.1, 0.15) is 6.92 Å². The normalized spacial score (nSPS) is 14.4. The molecule has 31 heavy (non-hydrogen) atoms. The number of aliphatic hydroxyl groups is 6. The highest BCUT2D eigenvalue weighted by molar-refractivity contribution is 5.82. The van der Waals surface area contributed by atoms with Gasteiger partial charge in [-0.1, -0.05) is 25.2 Å².